The number of rotatable bonds is 5. The van der Waals surface area contributed by atoms with Crippen molar-refractivity contribution in [1.29, 1.82) is 0 Å². The fraction of sp³-hybridized carbons (Fsp3) is 0.438. The van der Waals surface area contributed by atoms with Crippen LogP contribution >= 0.6 is 0 Å². The van der Waals surface area contributed by atoms with Crippen molar-refractivity contribution in [3.05, 3.63) is 40.4 Å². The number of benzene rings is 1. The van der Waals surface area contributed by atoms with Crippen molar-refractivity contribution in [2.75, 3.05) is 13.6 Å². The Morgan fingerprint density at radius 1 is 1.30 bits per heavy atom. The van der Waals surface area contributed by atoms with Crippen LogP contribution in [-0.4, -0.2) is 48.9 Å². The maximum Gasteiger partial charge on any atom is 0.262 e. The van der Waals surface area contributed by atoms with Crippen molar-refractivity contribution in [3.63, 3.8) is 0 Å². The van der Waals surface area contributed by atoms with Crippen molar-refractivity contribution in [2.45, 2.75) is 26.0 Å². The normalized spacial score (nSPS) is 13.3. The smallest absolute Gasteiger partial charge is 0.262 e. The molecule has 7 heteroatoms. The molecular weight excluding hydrogens is 294 g/mol. The molecule has 0 aliphatic carbocycles. The van der Waals surface area contributed by atoms with Crippen molar-refractivity contribution >= 4 is 16.7 Å². The second-order valence-electron chi connectivity index (χ2n) is 6.01. The zero-order valence-corrected chi connectivity index (χ0v) is 13.6. The van der Waals surface area contributed by atoms with E-state index >= 15 is 0 Å². The van der Waals surface area contributed by atoms with Gasteiger partial charge in [-0.2, -0.15) is 0 Å². The fourth-order valence-corrected chi connectivity index (χ4v) is 2.72. The number of aliphatic hydroxyl groups excluding tert-OH is 1. The molecule has 2 heterocycles. The van der Waals surface area contributed by atoms with Crippen LogP contribution < -0.4 is 5.56 Å². The number of hydrogen-bond donors (Lipinski definition) is 1. The Hall–Kier alpha value is -2.25. The van der Waals surface area contributed by atoms with E-state index in [-0.39, 0.29) is 11.7 Å². The van der Waals surface area contributed by atoms with Gasteiger partial charge < -0.3 is 5.11 Å². The van der Waals surface area contributed by atoms with Gasteiger partial charge >= 0.3 is 0 Å². The van der Waals surface area contributed by atoms with E-state index in [4.69, 9.17) is 0 Å². The van der Waals surface area contributed by atoms with Crippen molar-refractivity contribution < 1.29 is 5.11 Å². The number of aliphatic hydroxyl groups is 1. The Bertz CT molecular complexity index is 896. The molecule has 0 saturated heterocycles. The Morgan fingerprint density at radius 2 is 2.04 bits per heavy atom. The first-order valence-corrected chi connectivity index (χ1v) is 7.67. The minimum Gasteiger partial charge on any atom is -0.393 e. The Balaban J connectivity index is 2.08. The number of hydrogen-bond acceptors (Lipinski definition) is 5. The molecule has 0 bridgehead atoms. The van der Waals surface area contributed by atoms with Gasteiger partial charge in [-0.15, -0.1) is 10.2 Å². The summed E-state index contributed by atoms with van der Waals surface area (Å²) >= 11 is 0. The highest BCUT2D eigenvalue weighted by Gasteiger charge is 2.15. The molecule has 1 atom stereocenters. The van der Waals surface area contributed by atoms with E-state index in [1.165, 1.54) is 4.57 Å². The third-order valence-corrected chi connectivity index (χ3v) is 4.03. The van der Waals surface area contributed by atoms with Crippen molar-refractivity contribution in [1.82, 2.24) is 24.1 Å². The van der Waals surface area contributed by atoms with Gasteiger partial charge in [-0.3, -0.25) is 18.7 Å². The van der Waals surface area contributed by atoms with Crippen LogP contribution in [0.2, 0.25) is 0 Å². The topological polar surface area (TPSA) is 75.7 Å². The summed E-state index contributed by atoms with van der Waals surface area (Å²) in [5, 5.41) is 18.5. The number of nitrogens with zero attached hydrogens (tertiary/aromatic N) is 5. The van der Waals surface area contributed by atoms with Crippen LogP contribution in [0.3, 0.4) is 0 Å². The van der Waals surface area contributed by atoms with Crippen LogP contribution in [0.1, 0.15) is 19.2 Å². The first-order chi connectivity index (χ1) is 11.0. The predicted octanol–water partition coefficient (Wildman–Crippen LogP) is 0.784. The van der Waals surface area contributed by atoms with E-state index in [0.717, 1.165) is 17.9 Å². The van der Waals surface area contributed by atoms with E-state index in [0.29, 0.717) is 24.1 Å². The number of aryl methyl sites for hydroxylation is 1. The van der Waals surface area contributed by atoms with Gasteiger partial charge in [0.1, 0.15) is 0 Å². The molecule has 1 aromatic carbocycles. The Kier molecular flexibility index (Phi) is 4.14. The molecule has 0 saturated carbocycles. The first-order valence-electron chi connectivity index (χ1n) is 7.67. The lowest BCUT2D eigenvalue weighted by molar-refractivity contribution is 0.162. The highest BCUT2D eigenvalue weighted by Crippen LogP contribution is 2.14. The molecule has 3 aromatic rings. The summed E-state index contributed by atoms with van der Waals surface area (Å²) in [6.45, 7) is 3.13. The average Bonchev–Trinajstić information content (AvgIpc) is 2.94. The van der Waals surface area contributed by atoms with Crippen LogP contribution in [0, 0.1) is 0 Å². The SMILES string of the molecule is CC(O)CCN(C)Cc1nnc2n(C)c(=O)c3ccccc3n12. The van der Waals surface area contributed by atoms with Gasteiger partial charge in [-0.05, 0) is 32.5 Å². The van der Waals surface area contributed by atoms with E-state index in [2.05, 4.69) is 15.1 Å². The van der Waals surface area contributed by atoms with Gasteiger partial charge in [-0.1, -0.05) is 12.1 Å². The molecule has 3 rings (SSSR count). The van der Waals surface area contributed by atoms with Gasteiger partial charge in [0.05, 0.1) is 23.6 Å². The van der Waals surface area contributed by atoms with E-state index in [1.54, 1.807) is 14.0 Å². The summed E-state index contributed by atoms with van der Waals surface area (Å²) in [5.74, 6) is 1.31. The molecule has 0 radical (unpaired) electrons. The zero-order chi connectivity index (χ0) is 16.6. The van der Waals surface area contributed by atoms with Crippen LogP contribution in [0.5, 0.6) is 0 Å². The van der Waals surface area contributed by atoms with Crippen LogP contribution in [0.15, 0.2) is 29.1 Å². The highest BCUT2D eigenvalue weighted by molar-refractivity contribution is 5.80. The lowest BCUT2D eigenvalue weighted by Gasteiger charge is -2.16. The van der Waals surface area contributed by atoms with E-state index in [1.807, 2.05) is 35.7 Å². The number of aromatic nitrogens is 4. The summed E-state index contributed by atoms with van der Waals surface area (Å²) < 4.78 is 3.45. The van der Waals surface area contributed by atoms with Crippen LogP contribution in [-0.2, 0) is 13.6 Å². The minimum absolute atomic E-state index is 0.0745. The molecule has 122 valence electrons. The molecule has 0 aliphatic heterocycles. The molecule has 2 aromatic heterocycles. The maximum atomic E-state index is 12.4. The largest absolute Gasteiger partial charge is 0.393 e. The Labute approximate surface area is 133 Å². The molecule has 7 nitrogen and oxygen atoms in total. The third kappa shape index (κ3) is 2.85. The maximum absolute atomic E-state index is 12.4. The molecule has 0 fully saturated rings. The highest BCUT2D eigenvalue weighted by atomic mass is 16.3. The molecule has 0 aliphatic rings. The monoisotopic (exact) mass is 315 g/mol. The van der Waals surface area contributed by atoms with Crippen LogP contribution in [0.4, 0.5) is 0 Å². The lowest BCUT2D eigenvalue weighted by atomic mass is 10.2. The minimum atomic E-state index is -0.325. The van der Waals surface area contributed by atoms with Gasteiger partial charge in [-0.25, -0.2) is 0 Å². The zero-order valence-electron chi connectivity index (χ0n) is 13.6. The molecule has 1 unspecified atom stereocenters. The lowest BCUT2D eigenvalue weighted by Crippen LogP contribution is -2.24. The van der Waals surface area contributed by atoms with Crippen LogP contribution in [0.25, 0.3) is 16.7 Å². The van der Waals surface area contributed by atoms with Gasteiger partial charge in [0.25, 0.3) is 5.56 Å². The number of fused-ring (bicyclic) bond motifs is 3. The second kappa shape index (κ2) is 6.10. The van der Waals surface area contributed by atoms with Gasteiger partial charge in [0, 0.05) is 13.6 Å². The second-order valence-corrected chi connectivity index (χ2v) is 6.01. The molecule has 0 spiro atoms. The van der Waals surface area contributed by atoms with E-state index in [9.17, 15) is 9.90 Å². The molecule has 1 N–H and O–H groups in total. The predicted molar refractivity (Wildman–Crippen MR) is 88.4 cm³/mol. The number of para-hydroxylation sites is 1. The molecular formula is C16H21N5O2. The van der Waals surface area contributed by atoms with Crippen molar-refractivity contribution in [2.24, 2.45) is 7.05 Å². The molecule has 0 amide bonds. The molecule has 23 heavy (non-hydrogen) atoms. The summed E-state index contributed by atoms with van der Waals surface area (Å²) in [6.07, 6.45) is 0.376. The van der Waals surface area contributed by atoms with E-state index < -0.39 is 0 Å². The first kappa shape index (κ1) is 15.6. The Morgan fingerprint density at radius 3 is 2.78 bits per heavy atom. The third-order valence-electron chi connectivity index (χ3n) is 4.03. The summed E-state index contributed by atoms with van der Waals surface area (Å²) in [4.78, 5) is 14.5. The standard InChI is InChI=1S/C16H21N5O2/c1-11(22)8-9-19(2)10-14-17-18-16-20(3)15(23)12-6-4-5-7-13(12)21(14)16/h4-7,11,22H,8-10H2,1-3H3. The summed E-state index contributed by atoms with van der Waals surface area (Å²) in [6, 6.07) is 7.49. The average molecular weight is 315 g/mol. The quantitative estimate of drug-likeness (QED) is 0.753. The fourth-order valence-electron chi connectivity index (χ4n) is 2.72. The van der Waals surface area contributed by atoms with Gasteiger partial charge in [0.2, 0.25) is 5.78 Å². The summed E-state index contributed by atoms with van der Waals surface area (Å²) in [5.41, 5.74) is 0.740. The summed E-state index contributed by atoms with van der Waals surface area (Å²) in [7, 11) is 3.69. The van der Waals surface area contributed by atoms with Crippen molar-refractivity contribution in [3.8, 4) is 0 Å². The van der Waals surface area contributed by atoms with Gasteiger partial charge in [0.15, 0.2) is 5.82 Å².